The van der Waals surface area contributed by atoms with Gasteiger partial charge in [0.25, 0.3) is 0 Å². The standard InChI is InChI=1S/C13H25N3O2/c1-4-6-14-8-13(11-17-3)18-12-9-15-16(10-12)7-5-2/h9-10,13-14H,4-8,11H2,1-3H3. The highest BCUT2D eigenvalue weighted by molar-refractivity contribution is 5.12. The van der Waals surface area contributed by atoms with E-state index in [1.807, 2.05) is 10.9 Å². The molecule has 1 aromatic rings. The molecule has 1 aromatic heterocycles. The minimum absolute atomic E-state index is 0.0285. The maximum atomic E-state index is 5.86. The summed E-state index contributed by atoms with van der Waals surface area (Å²) < 4.78 is 12.9. The highest BCUT2D eigenvalue weighted by atomic mass is 16.5. The summed E-state index contributed by atoms with van der Waals surface area (Å²) in [5.41, 5.74) is 0. The zero-order valence-corrected chi connectivity index (χ0v) is 11.7. The zero-order valence-electron chi connectivity index (χ0n) is 11.7. The van der Waals surface area contributed by atoms with Crippen molar-refractivity contribution in [2.75, 3.05) is 26.8 Å². The molecule has 1 rings (SSSR count). The Balaban J connectivity index is 2.42. The van der Waals surface area contributed by atoms with Crippen molar-refractivity contribution >= 4 is 0 Å². The molecule has 1 N–H and O–H groups in total. The van der Waals surface area contributed by atoms with E-state index in [-0.39, 0.29) is 6.10 Å². The van der Waals surface area contributed by atoms with Crippen LogP contribution in [0, 0.1) is 0 Å². The summed E-state index contributed by atoms with van der Waals surface area (Å²) in [7, 11) is 1.69. The van der Waals surface area contributed by atoms with Gasteiger partial charge in [-0.05, 0) is 19.4 Å². The second-order valence-corrected chi connectivity index (χ2v) is 4.34. The van der Waals surface area contributed by atoms with Crippen LogP contribution in [0.15, 0.2) is 12.4 Å². The van der Waals surface area contributed by atoms with Gasteiger partial charge in [-0.15, -0.1) is 0 Å². The molecule has 0 aliphatic heterocycles. The molecule has 5 nitrogen and oxygen atoms in total. The molecular weight excluding hydrogens is 230 g/mol. The van der Waals surface area contributed by atoms with Crippen LogP contribution in [-0.4, -0.2) is 42.7 Å². The van der Waals surface area contributed by atoms with Gasteiger partial charge in [-0.2, -0.15) is 5.10 Å². The van der Waals surface area contributed by atoms with Crippen molar-refractivity contribution in [1.29, 1.82) is 0 Å². The van der Waals surface area contributed by atoms with Crippen LogP contribution in [-0.2, 0) is 11.3 Å². The fourth-order valence-electron chi connectivity index (χ4n) is 1.71. The molecule has 0 saturated carbocycles. The average molecular weight is 255 g/mol. The summed E-state index contributed by atoms with van der Waals surface area (Å²) in [6.07, 6.45) is 5.92. The van der Waals surface area contributed by atoms with E-state index in [0.29, 0.717) is 6.61 Å². The normalized spacial score (nSPS) is 12.6. The van der Waals surface area contributed by atoms with Gasteiger partial charge in [0, 0.05) is 20.2 Å². The molecule has 0 aliphatic rings. The van der Waals surface area contributed by atoms with Crippen molar-refractivity contribution in [1.82, 2.24) is 15.1 Å². The van der Waals surface area contributed by atoms with Gasteiger partial charge in [-0.25, -0.2) is 0 Å². The Morgan fingerprint density at radius 2 is 2.22 bits per heavy atom. The highest BCUT2D eigenvalue weighted by Gasteiger charge is 2.11. The molecule has 0 radical (unpaired) electrons. The summed E-state index contributed by atoms with van der Waals surface area (Å²) in [6.45, 7) is 7.57. The van der Waals surface area contributed by atoms with Gasteiger partial charge in [-0.1, -0.05) is 13.8 Å². The van der Waals surface area contributed by atoms with E-state index in [4.69, 9.17) is 9.47 Å². The number of aromatic nitrogens is 2. The molecule has 0 spiro atoms. The predicted molar refractivity (Wildman–Crippen MR) is 72.0 cm³/mol. The average Bonchev–Trinajstić information content (AvgIpc) is 2.78. The van der Waals surface area contributed by atoms with E-state index < -0.39 is 0 Å². The first-order valence-corrected chi connectivity index (χ1v) is 6.68. The molecule has 5 heteroatoms. The molecule has 0 bridgehead atoms. The van der Waals surface area contributed by atoms with E-state index in [1.54, 1.807) is 13.3 Å². The summed E-state index contributed by atoms with van der Waals surface area (Å²) in [6, 6.07) is 0. The molecule has 104 valence electrons. The number of hydrogen-bond donors (Lipinski definition) is 1. The lowest BCUT2D eigenvalue weighted by Crippen LogP contribution is -2.35. The monoisotopic (exact) mass is 255 g/mol. The van der Waals surface area contributed by atoms with Crippen LogP contribution in [0.3, 0.4) is 0 Å². The molecule has 1 unspecified atom stereocenters. The minimum atomic E-state index is 0.0285. The summed E-state index contributed by atoms with van der Waals surface area (Å²) in [4.78, 5) is 0. The lowest BCUT2D eigenvalue weighted by atomic mass is 10.3. The first kappa shape index (κ1) is 15.0. The number of nitrogens with zero attached hydrogens (tertiary/aromatic N) is 2. The number of rotatable bonds is 10. The van der Waals surface area contributed by atoms with Crippen LogP contribution in [0.4, 0.5) is 0 Å². The van der Waals surface area contributed by atoms with Crippen LogP contribution in [0.25, 0.3) is 0 Å². The molecule has 0 aromatic carbocycles. The van der Waals surface area contributed by atoms with Gasteiger partial charge in [0.05, 0.1) is 19.0 Å². The predicted octanol–water partition coefficient (Wildman–Crippen LogP) is 1.69. The third kappa shape index (κ3) is 5.51. The van der Waals surface area contributed by atoms with Gasteiger partial charge in [-0.3, -0.25) is 4.68 Å². The van der Waals surface area contributed by atoms with E-state index in [9.17, 15) is 0 Å². The summed E-state index contributed by atoms with van der Waals surface area (Å²) in [5, 5.41) is 7.59. The van der Waals surface area contributed by atoms with Crippen molar-refractivity contribution < 1.29 is 9.47 Å². The van der Waals surface area contributed by atoms with Crippen LogP contribution < -0.4 is 10.1 Å². The largest absolute Gasteiger partial charge is 0.483 e. The third-order valence-electron chi connectivity index (χ3n) is 2.52. The van der Waals surface area contributed by atoms with Crippen molar-refractivity contribution in [2.24, 2.45) is 0 Å². The highest BCUT2D eigenvalue weighted by Crippen LogP contribution is 2.11. The third-order valence-corrected chi connectivity index (χ3v) is 2.52. The number of ether oxygens (including phenoxy) is 2. The minimum Gasteiger partial charge on any atom is -0.483 e. The SMILES string of the molecule is CCCNCC(COC)Oc1cnn(CCC)c1. The number of nitrogens with one attached hydrogen (secondary N) is 1. The first-order valence-electron chi connectivity index (χ1n) is 6.68. The maximum Gasteiger partial charge on any atom is 0.157 e. The smallest absolute Gasteiger partial charge is 0.157 e. The molecule has 1 atom stereocenters. The van der Waals surface area contributed by atoms with E-state index in [0.717, 1.165) is 38.2 Å². The van der Waals surface area contributed by atoms with Gasteiger partial charge >= 0.3 is 0 Å². The number of hydrogen-bond acceptors (Lipinski definition) is 4. The Hall–Kier alpha value is -1.07. The lowest BCUT2D eigenvalue weighted by molar-refractivity contribution is 0.0807. The van der Waals surface area contributed by atoms with E-state index in [1.165, 1.54) is 0 Å². The number of methoxy groups -OCH3 is 1. The Labute approximate surface area is 109 Å². The maximum absolute atomic E-state index is 5.86. The molecule has 1 heterocycles. The van der Waals surface area contributed by atoms with E-state index >= 15 is 0 Å². The fourth-order valence-corrected chi connectivity index (χ4v) is 1.71. The van der Waals surface area contributed by atoms with Crippen molar-refractivity contribution in [3.8, 4) is 5.75 Å². The van der Waals surface area contributed by atoms with Gasteiger partial charge in [0.15, 0.2) is 5.75 Å². The van der Waals surface area contributed by atoms with Gasteiger partial charge in [0.2, 0.25) is 0 Å². The molecule has 0 amide bonds. The second-order valence-electron chi connectivity index (χ2n) is 4.34. The van der Waals surface area contributed by atoms with Crippen molar-refractivity contribution in [3.63, 3.8) is 0 Å². The Bertz CT molecular complexity index is 315. The van der Waals surface area contributed by atoms with E-state index in [2.05, 4.69) is 24.3 Å². The second kappa shape index (κ2) is 8.94. The zero-order chi connectivity index (χ0) is 13.2. The first-order chi connectivity index (χ1) is 8.80. The van der Waals surface area contributed by atoms with Crippen LogP contribution in [0.5, 0.6) is 5.75 Å². The lowest BCUT2D eigenvalue weighted by Gasteiger charge is -2.17. The van der Waals surface area contributed by atoms with Crippen LogP contribution in [0.2, 0.25) is 0 Å². The Morgan fingerprint density at radius 1 is 1.39 bits per heavy atom. The molecule has 0 fully saturated rings. The summed E-state index contributed by atoms with van der Waals surface area (Å²) >= 11 is 0. The summed E-state index contributed by atoms with van der Waals surface area (Å²) in [5.74, 6) is 0.809. The Kier molecular flexibility index (Phi) is 7.44. The van der Waals surface area contributed by atoms with Crippen LogP contribution >= 0.6 is 0 Å². The fraction of sp³-hybridized carbons (Fsp3) is 0.769. The molecule has 0 saturated heterocycles. The van der Waals surface area contributed by atoms with Crippen LogP contribution in [0.1, 0.15) is 26.7 Å². The van der Waals surface area contributed by atoms with Gasteiger partial charge in [0.1, 0.15) is 6.10 Å². The molecule has 0 aliphatic carbocycles. The van der Waals surface area contributed by atoms with Crippen molar-refractivity contribution in [3.05, 3.63) is 12.4 Å². The molecule has 18 heavy (non-hydrogen) atoms. The van der Waals surface area contributed by atoms with Gasteiger partial charge < -0.3 is 14.8 Å². The number of aryl methyl sites for hydroxylation is 1. The van der Waals surface area contributed by atoms with Crippen molar-refractivity contribution in [2.45, 2.75) is 39.3 Å². The molecular formula is C13H25N3O2. The topological polar surface area (TPSA) is 48.3 Å². The Morgan fingerprint density at radius 3 is 2.89 bits per heavy atom. The quantitative estimate of drug-likeness (QED) is 0.646.